The maximum absolute atomic E-state index is 11.9. The van der Waals surface area contributed by atoms with Crippen LogP contribution in [0, 0.1) is 0 Å². The summed E-state index contributed by atoms with van der Waals surface area (Å²) in [5.74, 6) is -5.28. The summed E-state index contributed by atoms with van der Waals surface area (Å²) < 4.78 is 0. The van der Waals surface area contributed by atoms with Crippen molar-refractivity contribution in [3.8, 4) is 0 Å². The van der Waals surface area contributed by atoms with Gasteiger partial charge in [0.15, 0.2) is 5.78 Å². The normalized spacial score (nSPS) is 13.2. The van der Waals surface area contributed by atoms with Crippen molar-refractivity contribution in [2.24, 2.45) is 0 Å². The molecule has 0 saturated carbocycles. The molecule has 0 aromatic rings. The van der Waals surface area contributed by atoms with Gasteiger partial charge in [0.2, 0.25) is 11.8 Å². The van der Waals surface area contributed by atoms with Gasteiger partial charge in [-0.05, 0) is 0 Å². The van der Waals surface area contributed by atoms with Crippen molar-refractivity contribution in [2.75, 3.05) is 0 Å². The van der Waals surface area contributed by atoms with Crippen LogP contribution in [0.5, 0.6) is 0 Å². The average molecular weight is 340 g/mol. The number of hydrogen-bond donors (Lipinski definition) is 4. The van der Waals surface area contributed by atoms with Gasteiger partial charge in [0.25, 0.3) is 0 Å². The first kappa shape index (κ1) is 20.7. The molecule has 24 heavy (non-hydrogen) atoms. The first-order valence-electron chi connectivity index (χ1n) is 6.62. The zero-order valence-electron chi connectivity index (χ0n) is 12.6. The number of aldehydes is 1. The molecule has 0 aromatic carbocycles. The summed E-state index contributed by atoms with van der Waals surface area (Å²) in [6.07, 6.45) is 2.48. The lowest BCUT2D eigenvalue weighted by molar-refractivity contribution is -0.132. The van der Waals surface area contributed by atoms with Crippen molar-refractivity contribution in [2.45, 2.75) is 25.4 Å². The molecule has 0 saturated heterocycles. The highest BCUT2D eigenvalue weighted by Gasteiger charge is 2.29. The molecular formula is C14H16N2O8. The molecule has 0 spiro atoms. The maximum atomic E-state index is 11.9. The fourth-order valence-corrected chi connectivity index (χ4v) is 1.49. The molecule has 2 amide bonds. The van der Waals surface area contributed by atoms with Crippen LogP contribution in [0.3, 0.4) is 0 Å². The summed E-state index contributed by atoms with van der Waals surface area (Å²) in [5, 5.41) is 21.0. The number of Topliss-reactive ketones (excluding diaryl/α,β-unsaturated/α-hetero) is 1. The van der Waals surface area contributed by atoms with E-state index in [0.29, 0.717) is 24.3 Å². The highest BCUT2D eigenvalue weighted by atomic mass is 16.4. The van der Waals surface area contributed by atoms with E-state index in [-0.39, 0.29) is 12.7 Å². The molecule has 0 aliphatic heterocycles. The van der Waals surface area contributed by atoms with Crippen molar-refractivity contribution in [3.63, 3.8) is 0 Å². The van der Waals surface area contributed by atoms with Gasteiger partial charge < -0.3 is 25.6 Å². The van der Waals surface area contributed by atoms with E-state index in [0.717, 1.165) is 0 Å². The van der Waals surface area contributed by atoms with Crippen LogP contribution in [0.25, 0.3) is 0 Å². The summed E-state index contributed by atoms with van der Waals surface area (Å²) >= 11 is 0. The topological polar surface area (TPSA) is 167 Å². The summed E-state index contributed by atoms with van der Waals surface area (Å²) in [4.78, 5) is 66.7. The number of carboxylic acid groups (broad SMARTS) is 2. The maximum Gasteiger partial charge on any atom is 0.328 e. The smallest absolute Gasteiger partial charge is 0.328 e. The van der Waals surface area contributed by atoms with E-state index in [4.69, 9.17) is 10.2 Å². The molecule has 0 aliphatic carbocycles. The largest absolute Gasteiger partial charge is 0.478 e. The third-order valence-electron chi connectivity index (χ3n) is 2.56. The van der Waals surface area contributed by atoms with Gasteiger partial charge in [-0.3, -0.25) is 14.4 Å². The van der Waals surface area contributed by atoms with Gasteiger partial charge in [0.1, 0.15) is 18.4 Å². The quantitative estimate of drug-likeness (QED) is 0.273. The number of carbonyl (C=O) groups excluding carboxylic acids is 4. The van der Waals surface area contributed by atoms with Crippen LogP contribution in [-0.4, -0.2) is 58.1 Å². The molecular weight excluding hydrogens is 324 g/mol. The molecule has 0 heterocycles. The Morgan fingerprint density at radius 3 is 1.71 bits per heavy atom. The summed E-state index contributed by atoms with van der Waals surface area (Å²) in [5.41, 5.74) is 0. The van der Waals surface area contributed by atoms with Gasteiger partial charge in [-0.2, -0.15) is 0 Å². The molecule has 2 atom stereocenters. The molecule has 4 N–H and O–H groups in total. The Morgan fingerprint density at radius 2 is 1.33 bits per heavy atom. The van der Waals surface area contributed by atoms with E-state index in [1.165, 1.54) is 6.92 Å². The van der Waals surface area contributed by atoms with Crippen molar-refractivity contribution in [3.05, 3.63) is 24.3 Å². The molecule has 0 bridgehead atoms. The van der Waals surface area contributed by atoms with Gasteiger partial charge in [0.05, 0.1) is 0 Å². The predicted octanol–water partition coefficient (Wildman–Crippen LogP) is -1.58. The Hall–Kier alpha value is -3.30. The lowest BCUT2D eigenvalue weighted by atomic mass is 10.0. The van der Waals surface area contributed by atoms with Gasteiger partial charge in [-0.15, -0.1) is 0 Å². The van der Waals surface area contributed by atoms with Crippen molar-refractivity contribution < 1.29 is 39.0 Å². The number of carbonyl (C=O) groups is 6. The Kier molecular flexibility index (Phi) is 9.00. The summed E-state index contributed by atoms with van der Waals surface area (Å²) in [6, 6.07) is -2.88. The highest BCUT2D eigenvalue weighted by Crippen LogP contribution is 1.99. The SMILES string of the molecule is CCC(=O)C(NC(=O)/C=C\C(=O)O)C(C=O)NC(=O)/C=C\C(=O)O. The van der Waals surface area contributed by atoms with Crippen LogP contribution >= 0.6 is 0 Å². The van der Waals surface area contributed by atoms with E-state index in [1.807, 2.05) is 0 Å². The minimum atomic E-state index is -1.45. The third kappa shape index (κ3) is 8.22. The predicted molar refractivity (Wildman–Crippen MR) is 78.8 cm³/mol. The lowest BCUT2D eigenvalue weighted by Crippen LogP contribution is -2.55. The van der Waals surface area contributed by atoms with E-state index in [9.17, 15) is 28.8 Å². The van der Waals surface area contributed by atoms with E-state index < -0.39 is 41.6 Å². The van der Waals surface area contributed by atoms with Crippen LogP contribution in [0.2, 0.25) is 0 Å². The van der Waals surface area contributed by atoms with Crippen LogP contribution in [0.4, 0.5) is 0 Å². The van der Waals surface area contributed by atoms with Crippen LogP contribution in [-0.2, 0) is 28.8 Å². The first-order chi connectivity index (χ1) is 11.2. The van der Waals surface area contributed by atoms with Gasteiger partial charge in [-0.25, -0.2) is 9.59 Å². The van der Waals surface area contributed by atoms with Crippen molar-refractivity contribution >= 4 is 35.8 Å². The molecule has 10 nitrogen and oxygen atoms in total. The number of rotatable bonds is 10. The van der Waals surface area contributed by atoms with Crippen LogP contribution in [0.1, 0.15) is 13.3 Å². The Bertz CT molecular complexity index is 594. The Morgan fingerprint density at radius 1 is 0.875 bits per heavy atom. The highest BCUT2D eigenvalue weighted by molar-refractivity contribution is 6.00. The zero-order valence-corrected chi connectivity index (χ0v) is 12.6. The molecule has 0 rings (SSSR count). The van der Waals surface area contributed by atoms with Crippen LogP contribution in [0.15, 0.2) is 24.3 Å². The minimum Gasteiger partial charge on any atom is -0.478 e. The zero-order chi connectivity index (χ0) is 18.7. The number of hydrogen-bond acceptors (Lipinski definition) is 6. The molecule has 0 aromatic heterocycles. The minimum absolute atomic E-state index is 0.0707. The molecule has 130 valence electrons. The first-order valence-corrected chi connectivity index (χ1v) is 6.62. The molecule has 0 aliphatic rings. The second-order valence-electron chi connectivity index (χ2n) is 4.32. The number of carboxylic acids is 2. The van der Waals surface area contributed by atoms with Crippen LogP contribution < -0.4 is 10.6 Å². The number of nitrogens with one attached hydrogen (secondary N) is 2. The Balaban J connectivity index is 5.17. The molecule has 2 unspecified atom stereocenters. The lowest BCUT2D eigenvalue weighted by Gasteiger charge is -2.22. The average Bonchev–Trinajstić information content (AvgIpc) is 2.53. The molecule has 0 radical (unpaired) electrons. The molecule has 10 heteroatoms. The monoisotopic (exact) mass is 340 g/mol. The summed E-state index contributed by atoms with van der Waals surface area (Å²) in [7, 11) is 0. The summed E-state index contributed by atoms with van der Waals surface area (Å²) in [6.45, 7) is 1.46. The van der Waals surface area contributed by atoms with Crippen molar-refractivity contribution in [1.82, 2.24) is 10.6 Å². The molecule has 0 fully saturated rings. The van der Waals surface area contributed by atoms with E-state index >= 15 is 0 Å². The van der Waals surface area contributed by atoms with Gasteiger partial charge in [0, 0.05) is 30.7 Å². The fourth-order valence-electron chi connectivity index (χ4n) is 1.49. The van der Waals surface area contributed by atoms with Gasteiger partial charge >= 0.3 is 11.9 Å². The van der Waals surface area contributed by atoms with E-state index in [2.05, 4.69) is 10.6 Å². The standard InChI is InChI=1S/C14H16N2O8/c1-2-9(18)14(16-11(20)4-6-13(23)24)8(7-17)15-10(19)3-5-12(21)22/h3-8,14H,2H2,1H3,(H,15,19)(H,16,20)(H,21,22)(H,23,24)/b5-3-,6-4-. The second-order valence-corrected chi connectivity index (χ2v) is 4.32. The third-order valence-corrected chi connectivity index (χ3v) is 2.56. The number of aliphatic carboxylic acids is 2. The van der Waals surface area contributed by atoms with Crippen molar-refractivity contribution in [1.29, 1.82) is 0 Å². The van der Waals surface area contributed by atoms with Gasteiger partial charge in [-0.1, -0.05) is 6.92 Å². The second kappa shape index (κ2) is 10.4. The Labute approximate surface area is 136 Å². The fraction of sp³-hybridized carbons (Fsp3) is 0.286. The number of amides is 2. The van der Waals surface area contributed by atoms with E-state index in [1.54, 1.807) is 0 Å². The number of ketones is 1.